The Morgan fingerprint density at radius 3 is 2.59 bits per heavy atom. The minimum atomic E-state index is -4.39. The van der Waals surface area contributed by atoms with Crippen LogP contribution in [0.2, 0.25) is 0 Å². The molecule has 11 heteroatoms. The second kappa shape index (κ2) is 9.13. The minimum Gasteiger partial charge on any atom is -0.355 e. The van der Waals surface area contributed by atoms with E-state index in [1.54, 1.807) is 11.8 Å². The van der Waals surface area contributed by atoms with Crippen molar-refractivity contribution in [3.8, 4) is 0 Å². The van der Waals surface area contributed by atoms with E-state index < -0.39 is 21.6 Å². The summed E-state index contributed by atoms with van der Waals surface area (Å²) in [6.45, 7) is 2.46. The Hall–Kier alpha value is -3.34. The van der Waals surface area contributed by atoms with Gasteiger partial charge in [0, 0.05) is 24.5 Å². The Kier molecular flexibility index (Phi) is 6.39. The van der Waals surface area contributed by atoms with Crippen molar-refractivity contribution in [2.45, 2.75) is 37.6 Å². The Balaban J connectivity index is 1.49. The average molecular weight is 493 g/mol. The maximum Gasteiger partial charge on any atom is 0.416 e. The molecule has 1 aromatic heterocycles. The molecular weight excluding hydrogens is 469 g/mol. The van der Waals surface area contributed by atoms with E-state index in [-0.39, 0.29) is 22.5 Å². The van der Waals surface area contributed by atoms with Crippen LogP contribution in [0.5, 0.6) is 0 Å². The summed E-state index contributed by atoms with van der Waals surface area (Å²) in [7, 11) is -3.56. The Bertz CT molecular complexity index is 1300. The first-order valence-corrected chi connectivity index (χ1v) is 12.4. The molecule has 4 rings (SSSR count). The molecule has 2 aromatic carbocycles. The fourth-order valence-corrected chi connectivity index (χ4v) is 5.11. The lowest BCUT2D eigenvalue weighted by molar-refractivity contribution is -0.137. The van der Waals surface area contributed by atoms with Crippen molar-refractivity contribution >= 4 is 27.1 Å². The number of benzene rings is 2. The molecule has 2 N–H and O–H groups in total. The van der Waals surface area contributed by atoms with Crippen LogP contribution in [0, 0.1) is 0 Å². The molecule has 2 heterocycles. The largest absolute Gasteiger partial charge is 0.416 e. The number of carbonyl (C=O) groups excluding carboxylic acids is 1. The standard InChI is InChI=1S/C23H23F3N4O3S/c1-2-12-34(32,33)22-27-13-20(29-22)21(31)30-11-10-18-15(14-30)4-3-5-19(18)28-17-8-6-16(7-9-17)23(24,25)26/h3-9,13,28H,2,10-12,14H2,1H3,(H,27,29). The van der Waals surface area contributed by atoms with Crippen LogP contribution < -0.4 is 5.32 Å². The van der Waals surface area contributed by atoms with Gasteiger partial charge in [0.25, 0.3) is 5.91 Å². The Morgan fingerprint density at radius 1 is 1.18 bits per heavy atom. The predicted molar refractivity (Wildman–Crippen MR) is 121 cm³/mol. The Morgan fingerprint density at radius 2 is 1.91 bits per heavy atom. The first-order valence-electron chi connectivity index (χ1n) is 10.7. The summed E-state index contributed by atoms with van der Waals surface area (Å²) in [5, 5.41) is 2.95. The molecule has 0 aliphatic carbocycles. The van der Waals surface area contributed by atoms with Crippen LogP contribution in [0.15, 0.2) is 53.8 Å². The number of nitrogens with one attached hydrogen (secondary N) is 2. The second-order valence-electron chi connectivity index (χ2n) is 8.04. The van der Waals surface area contributed by atoms with Crippen molar-refractivity contribution in [1.82, 2.24) is 14.9 Å². The molecule has 0 spiro atoms. The highest BCUT2D eigenvalue weighted by atomic mass is 32.2. The van der Waals surface area contributed by atoms with Gasteiger partial charge in [0.15, 0.2) is 0 Å². The van der Waals surface area contributed by atoms with Crippen molar-refractivity contribution < 1.29 is 26.4 Å². The number of hydrogen-bond acceptors (Lipinski definition) is 5. The third-order valence-electron chi connectivity index (χ3n) is 5.59. The lowest BCUT2D eigenvalue weighted by Gasteiger charge is -2.30. The van der Waals surface area contributed by atoms with Crippen LogP contribution in [0.3, 0.4) is 0 Å². The third-order valence-corrected chi connectivity index (χ3v) is 7.34. The topological polar surface area (TPSA) is 95.2 Å². The zero-order valence-corrected chi connectivity index (χ0v) is 19.1. The number of anilines is 2. The van der Waals surface area contributed by atoms with Gasteiger partial charge >= 0.3 is 6.18 Å². The van der Waals surface area contributed by atoms with Gasteiger partial charge < -0.3 is 15.2 Å². The van der Waals surface area contributed by atoms with E-state index in [1.165, 1.54) is 18.3 Å². The lowest BCUT2D eigenvalue weighted by Crippen LogP contribution is -2.36. The number of aromatic amines is 1. The fraction of sp³-hybridized carbons (Fsp3) is 0.304. The number of rotatable bonds is 6. The first-order chi connectivity index (χ1) is 16.1. The summed E-state index contributed by atoms with van der Waals surface area (Å²) in [5.41, 5.74) is 2.55. The maximum absolute atomic E-state index is 12.9. The highest BCUT2D eigenvalue weighted by molar-refractivity contribution is 7.91. The molecule has 1 amide bonds. The highest BCUT2D eigenvalue weighted by Crippen LogP contribution is 2.32. The number of amides is 1. The normalized spacial score (nSPS) is 14.1. The van der Waals surface area contributed by atoms with Crippen molar-refractivity contribution in [2.75, 3.05) is 17.6 Å². The summed E-state index contributed by atoms with van der Waals surface area (Å²) in [5.74, 6) is -0.405. The highest BCUT2D eigenvalue weighted by Gasteiger charge is 2.30. The zero-order valence-electron chi connectivity index (χ0n) is 18.3. The van der Waals surface area contributed by atoms with Crippen LogP contribution in [-0.4, -0.2) is 41.5 Å². The van der Waals surface area contributed by atoms with Gasteiger partial charge in [-0.15, -0.1) is 0 Å². The van der Waals surface area contributed by atoms with Gasteiger partial charge in [0.1, 0.15) is 5.69 Å². The molecule has 0 unspecified atom stereocenters. The van der Waals surface area contributed by atoms with Gasteiger partial charge in [-0.2, -0.15) is 13.2 Å². The van der Waals surface area contributed by atoms with Crippen molar-refractivity contribution in [1.29, 1.82) is 0 Å². The van der Waals surface area contributed by atoms with E-state index >= 15 is 0 Å². The quantitative estimate of drug-likeness (QED) is 0.526. The molecule has 0 radical (unpaired) electrons. The number of nitrogens with zero attached hydrogens (tertiary/aromatic N) is 2. The van der Waals surface area contributed by atoms with Gasteiger partial charge in [0.05, 0.1) is 17.5 Å². The van der Waals surface area contributed by atoms with E-state index in [0.29, 0.717) is 31.6 Å². The molecule has 0 bridgehead atoms. The molecular formula is C23H23F3N4O3S. The van der Waals surface area contributed by atoms with Gasteiger partial charge in [-0.1, -0.05) is 19.1 Å². The smallest absolute Gasteiger partial charge is 0.355 e. The number of hydrogen-bond donors (Lipinski definition) is 2. The van der Waals surface area contributed by atoms with Crippen molar-refractivity contribution in [2.24, 2.45) is 0 Å². The minimum absolute atomic E-state index is 0.0556. The third kappa shape index (κ3) is 4.93. The molecule has 0 saturated heterocycles. The molecule has 0 atom stereocenters. The molecule has 0 fully saturated rings. The number of alkyl halides is 3. The van der Waals surface area contributed by atoms with E-state index in [2.05, 4.69) is 15.3 Å². The molecule has 1 aliphatic heterocycles. The Labute approximate surface area is 194 Å². The summed E-state index contributed by atoms with van der Waals surface area (Å²) in [6.07, 6.45) is -2.18. The van der Waals surface area contributed by atoms with E-state index in [0.717, 1.165) is 28.9 Å². The van der Waals surface area contributed by atoms with Crippen LogP contribution in [0.1, 0.15) is 40.5 Å². The monoisotopic (exact) mass is 492 g/mol. The number of H-pyrrole nitrogens is 1. The van der Waals surface area contributed by atoms with Crippen molar-refractivity contribution in [3.63, 3.8) is 0 Å². The van der Waals surface area contributed by atoms with E-state index in [4.69, 9.17) is 0 Å². The average Bonchev–Trinajstić information content (AvgIpc) is 3.30. The maximum atomic E-state index is 12.9. The number of sulfone groups is 1. The molecule has 0 saturated carbocycles. The summed E-state index contributed by atoms with van der Waals surface area (Å²) in [4.78, 5) is 21.1. The van der Waals surface area contributed by atoms with Crippen molar-refractivity contribution in [3.05, 3.63) is 71.0 Å². The molecule has 3 aromatic rings. The predicted octanol–water partition coefficient (Wildman–Crippen LogP) is 4.55. The number of carbonyl (C=O) groups is 1. The number of imidazole rings is 1. The van der Waals surface area contributed by atoms with Crippen LogP contribution in [-0.2, 0) is 29.0 Å². The SMILES string of the molecule is CCCS(=O)(=O)c1ncc(C(=O)N2CCc3c(cccc3Nc3ccc(C(F)(F)F)cc3)C2)[nH]1. The van der Waals surface area contributed by atoms with E-state index in [9.17, 15) is 26.4 Å². The van der Waals surface area contributed by atoms with Gasteiger partial charge in [-0.05, 0) is 54.3 Å². The van der Waals surface area contributed by atoms with Crippen LogP contribution in [0.4, 0.5) is 24.5 Å². The molecule has 180 valence electrons. The molecule has 1 aliphatic rings. The summed E-state index contributed by atoms with van der Waals surface area (Å²) < 4.78 is 62.8. The first kappa shape index (κ1) is 23.8. The molecule has 7 nitrogen and oxygen atoms in total. The number of aromatic nitrogens is 2. The second-order valence-corrected chi connectivity index (χ2v) is 10.1. The van der Waals surface area contributed by atoms with Crippen LogP contribution >= 0.6 is 0 Å². The molecule has 34 heavy (non-hydrogen) atoms. The zero-order chi connectivity index (χ0) is 24.5. The summed E-state index contributed by atoms with van der Waals surface area (Å²) in [6, 6.07) is 10.3. The lowest BCUT2D eigenvalue weighted by atomic mass is 9.97. The van der Waals surface area contributed by atoms with Gasteiger partial charge in [0.2, 0.25) is 15.0 Å². The number of fused-ring (bicyclic) bond motifs is 1. The van der Waals surface area contributed by atoms with E-state index in [1.807, 2.05) is 18.2 Å². The fourth-order valence-electron chi connectivity index (χ4n) is 3.90. The van der Waals surface area contributed by atoms with Gasteiger partial charge in [-0.3, -0.25) is 4.79 Å². The van der Waals surface area contributed by atoms with Crippen LogP contribution in [0.25, 0.3) is 0 Å². The van der Waals surface area contributed by atoms with Gasteiger partial charge in [-0.25, -0.2) is 13.4 Å². The summed E-state index contributed by atoms with van der Waals surface area (Å²) >= 11 is 0. The number of halogens is 3.